The SMILES string of the molecule is Cc1c(Oc2ccnc(C(=O)O)c2)cccc1[N+](=O)[O-]. The number of aromatic carboxylic acids is 1. The number of ether oxygens (including phenoxy) is 1. The van der Waals surface area contributed by atoms with Gasteiger partial charge in [-0.3, -0.25) is 10.1 Å². The zero-order valence-electron chi connectivity index (χ0n) is 10.4. The first-order valence-corrected chi connectivity index (χ1v) is 5.60. The fourth-order valence-corrected chi connectivity index (χ4v) is 1.63. The van der Waals surface area contributed by atoms with Crippen LogP contribution in [0, 0.1) is 17.0 Å². The number of carboxylic acids is 1. The average Bonchev–Trinajstić information content (AvgIpc) is 2.41. The maximum atomic E-state index is 10.8. The van der Waals surface area contributed by atoms with Crippen molar-refractivity contribution in [2.75, 3.05) is 0 Å². The minimum atomic E-state index is -1.17. The van der Waals surface area contributed by atoms with Crippen LogP contribution in [0.15, 0.2) is 36.5 Å². The van der Waals surface area contributed by atoms with Gasteiger partial charge in [-0.25, -0.2) is 9.78 Å². The van der Waals surface area contributed by atoms with Crippen LogP contribution in [0.1, 0.15) is 16.1 Å². The molecule has 0 amide bonds. The fraction of sp³-hybridized carbons (Fsp3) is 0.0769. The van der Waals surface area contributed by atoms with Gasteiger partial charge < -0.3 is 9.84 Å². The van der Waals surface area contributed by atoms with Gasteiger partial charge in [0.15, 0.2) is 5.69 Å². The predicted molar refractivity (Wildman–Crippen MR) is 69.1 cm³/mol. The minimum Gasteiger partial charge on any atom is -0.477 e. The third kappa shape index (κ3) is 2.72. The quantitative estimate of drug-likeness (QED) is 0.679. The third-order valence-electron chi connectivity index (χ3n) is 2.63. The van der Waals surface area contributed by atoms with Gasteiger partial charge in [0, 0.05) is 18.3 Å². The zero-order chi connectivity index (χ0) is 14.7. The molecule has 0 saturated carbocycles. The summed E-state index contributed by atoms with van der Waals surface area (Å²) >= 11 is 0. The number of nitrogens with zero attached hydrogens (tertiary/aromatic N) is 2. The maximum absolute atomic E-state index is 10.8. The molecule has 1 heterocycles. The molecule has 1 N–H and O–H groups in total. The fourth-order valence-electron chi connectivity index (χ4n) is 1.63. The first kappa shape index (κ1) is 13.5. The Kier molecular flexibility index (Phi) is 3.60. The lowest BCUT2D eigenvalue weighted by Crippen LogP contribution is -2.00. The monoisotopic (exact) mass is 274 g/mol. The molecule has 0 spiro atoms. The van der Waals surface area contributed by atoms with E-state index in [9.17, 15) is 14.9 Å². The zero-order valence-corrected chi connectivity index (χ0v) is 10.4. The number of pyridine rings is 1. The molecule has 102 valence electrons. The van der Waals surface area contributed by atoms with Gasteiger partial charge >= 0.3 is 5.97 Å². The molecular formula is C13H10N2O5. The Labute approximate surface area is 113 Å². The van der Waals surface area contributed by atoms with E-state index in [1.165, 1.54) is 30.5 Å². The number of benzene rings is 1. The summed E-state index contributed by atoms with van der Waals surface area (Å²) < 4.78 is 5.48. The van der Waals surface area contributed by atoms with Crippen LogP contribution in [0.3, 0.4) is 0 Å². The van der Waals surface area contributed by atoms with Crippen LogP contribution in [-0.4, -0.2) is 21.0 Å². The lowest BCUT2D eigenvalue weighted by molar-refractivity contribution is -0.385. The summed E-state index contributed by atoms with van der Waals surface area (Å²) in [7, 11) is 0. The molecule has 1 aromatic heterocycles. The van der Waals surface area contributed by atoms with Gasteiger partial charge in [-0.2, -0.15) is 0 Å². The first-order chi connectivity index (χ1) is 9.49. The number of carbonyl (C=O) groups is 1. The highest BCUT2D eigenvalue weighted by molar-refractivity contribution is 5.85. The molecule has 2 rings (SSSR count). The van der Waals surface area contributed by atoms with Crippen molar-refractivity contribution in [2.24, 2.45) is 0 Å². The summed E-state index contributed by atoms with van der Waals surface area (Å²) in [5.41, 5.74) is 0.145. The first-order valence-electron chi connectivity index (χ1n) is 5.60. The second-order valence-electron chi connectivity index (χ2n) is 3.94. The van der Waals surface area contributed by atoms with Crippen LogP contribution in [0.4, 0.5) is 5.69 Å². The third-order valence-corrected chi connectivity index (χ3v) is 2.63. The maximum Gasteiger partial charge on any atom is 0.354 e. The normalized spacial score (nSPS) is 10.1. The van der Waals surface area contributed by atoms with Crippen LogP contribution < -0.4 is 4.74 Å². The summed E-state index contributed by atoms with van der Waals surface area (Å²) in [5, 5.41) is 19.7. The Hall–Kier alpha value is -2.96. The van der Waals surface area contributed by atoms with Crippen molar-refractivity contribution in [1.29, 1.82) is 0 Å². The number of carboxylic acid groups (broad SMARTS) is 1. The second kappa shape index (κ2) is 5.35. The van der Waals surface area contributed by atoms with Gasteiger partial charge in [-0.05, 0) is 19.1 Å². The highest BCUT2D eigenvalue weighted by Gasteiger charge is 2.15. The van der Waals surface area contributed by atoms with Crippen molar-refractivity contribution in [2.45, 2.75) is 6.92 Å². The van der Waals surface area contributed by atoms with Crippen molar-refractivity contribution < 1.29 is 19.6 Å². The van der Waals surface area contributed by atoms with Gasteiger partial charge in [0.2, 0.25) is 0 Å². The van der Waals surface area contributed by atoms with E-state index in [0.29, 0.717) is 11.3 Å². The van der Waals surface area contributed by atoms with Crippen LogP contribution in [-0.2, 0) is 0 Å². The predicted octanol–water partition coefficient (Wildman–Crippen LogP) is 2.79. The number of hydrogen-bond acceptors (Lipinski definition) is 5. The van der Waals surface area contributed by atoms with Crippen LogP contribution in [0.2, 0.25) is 0 Å². The lowest BCUT2D eigenvalue weighted by Gasteiger charge is -2.08. The average molecular weight is 274 g/mol. The van der Waals surface area contributed by atoms with Gasteiger partial charge in [0.25, 0.3) is 5.69 Å². The molecule has 0 aliphatic carbocycles. The van der Waals surface area contributed by atoms with Crippen molar-refractivity contribution in [3.8, 4) is 11.5 Å². The summed E-state index contributed by atoms with van der Waals surface area (Å²) in [6, 6.07) is 7.17. The Morgan fingerprint density at radius 3 is 2.80 bits per heavy atom. The van der Waals surface area contributed by atoms with Crippen LogP contribution in [0.25, 0.3) is 0 Å². The van der Waals surface area contributed by atoms with Crippen LogP contribution >= 0.6 is 0 Å². The molecule has 0 aliphatic rings. The Bertz CT molecular complexity index is 684. The molecule has 20 heavy (non-hydrogen) atoms. The molecule has 0 bridgehead atoms. The smallest absolute Gasteiger partial charge is 0.354 e. The number of nitro groups is 1. The van der Waals surface area contributed by atoms with Crippen molar-refractivity contribution in [3.63, 3.8) is 0 Å². The molecule has 0 atom stereocenters. The van der Waals surface area contributed by atoms with Gasteiger partial charge in [-0.1, -0.05) is 6.07 Å². The highest BCUT2D eigenvalue weighted by atomic mass is 16.6. The van der Waals surface area contributed by atoms with Crippen molar-refractivity contribution in [3.05, 3.63) is 57.9 Å². The highest BCUT2D eigenvalue weighted by Crippen LogP contribution is 2.30. The van der Waals surface area contributed by atoms with E-state index < -0.39 is 10.9 Å². The van der Waals surface area contributed by atoms with Gasteiger partial charge in [0.1, 0.15) is 11.5 Å². The van der Waals surface area contributed by atoms with Gasteiger partial charge in [0.05, 0.1) is 10.5 Å². The van der Waals surface area contributed by atoms with E-state index in [2.05, 4.69) is 4.98 Å². The number of hydrogen-bond donors (Lipinski definition) is 1. The van der Waals surface area contributed by atoms with E-state index in [0.717, 1.165) is 0 Å². The summed E-state index contributed by atoms with van der Waals surface area (Å²) in [6.07, 6.45) is 1.30. The minimum absolute atomic E-state index is 0.0602. The van der Waals surface area contributed by atoms with E-state index in [4.69, 9.17) is 9.84 Å². The molecule has 0 fully saturated rings. The van der Waals surface area contributed by atoms with E-state index in [1.54, 1.807) is 13.0 Å². The van der Waals surface area contributed by atoms with E-state index >= 15 is 0 Å². The van der Waals surface area contributed by atoms with Crippen LogP contribution in [0.5, 0.6) is 11.5 Å². The van der Waals surface area contributed by atoms with E-state index in [-0.39, 0.29) is 17.1 Å². The lowest BCUT2D eigenvalue weighted by atomic mass is 10.2. The molecule has 0 radical (unpaired) electrons. The number of aromatic nitrogens is 1. The molecular weight excluding hydrogens is 264 g/mol. The summed E-state index contributed by atoms with van der Waals surface area (Å²) in [4.78, 5) is 24.8. The number of rotatable bonds is 4. The summed E-state index contributed by atoms with van der Waals surface area (Å²) in [5.74, 6) is -0.631. The standard InChI is InChI=1S/C13H10N2O5/c1-8-11(15(18)19)3-2-4-12(8)20-9-5-6-14-10(7-9)13(16)17/h2-7H,1H3,(H,16,17). The van der Waals surface area contributed by atoms with Gasteiger partial charge in [-0.15, -0.1) is 0 Å². The Morgan fingerprint density at radius 1 is 1.40 bits per heavy atom. The van der Waals surface area contributed by atoms with Crippen molar-refractivity contribution >= 4 is 11.7 Å². The molecule has 7 nitrogen and oxygen atoms in total. The Balaban J connectivity index is 2.35. The molecule has 0 unspecified atom stereocenters. The Morgan fingerprint density at radius 2 is 2.15 bits per heavy atom. The largest absolute Gasteiger partial charge is 0.477 e. The molecule has 0 saturated heterocycles. The second-order valence-corrected chi connectivity index (χ2v) is 3.94. The van der Waals surface area contributed by atoms with E-state index in [1.807, 2.05) is 0 Å². The molecule has 7 heteroatoms. The topological polar surface area (TPSA) is 103 Å². The molecule has 0 aliphatic heterocycles. The summed E-state index contributed by atoms with van der Waals surface area (Å²) in [6.45, 7) is 1.56. The number of nitro benzene ring substituents is 1. The van der Waals surface area contributed by atoms with Crippen molar-refractivity contribution in [1.82, 2.24) is 4.98 Å². The molecule has 2 aromatic rings. The molecule has 1 aromatic carbocycles.